The number of nitrogens with zero attached hydrogens (tertiary/aromatic N) is 1. The first kappa shape index (κ1) is 16.3. The zero-order valence-electron chi connectivity index (χ0n) is 13.1. The third-order valence-corrected chi connectivity index (χ3v) is 4.81. The summed E-state index contributed by atoms with van der Waals surface area (Å²) < 4.78 is 0. The number of likely N-dealkylation sites (tertiary alicyclic amines) is 1. The highest BCUT2D eigenvalue weighted by atomic mass is 16.3. The monoisotopic (exact) mass is 296 g/mol. The van der Waals surface area contributed by atoms with Gasteiger partial charge in [0.05, 0.1) is 5.60 Å². The number of nitrogens with one attached hydrogen (secondary N) is 1. The van der Waals surface area contributed by atoms with Crippen LogP contribution in [0.1, 0.15) is 58.3 Å². The molecule has 1 aliphatic heterocycles. The minimum Gasteiger partial charge on any atom is -0.388 e. The average Bonchev–Trinajstić information content (AvgIpc) is 2.92. The van der Waals surface area contributed by atoms with E-state index < -0.39 is 5.60 Å². The van der Waals surface area contributed by atoms with E-state index in [1.54, 1.807) is 0 Å². The van der Waals surface area contributed by atoms with Crippen molar-refractivity contribution in [2.45, 2.75) is 63.9 Å². The second-order valence-corrected chi connectivity index (χ2v) is 6.55. The minimum absolute atomic E-state index is 0.0133. The van der Waals surface area contributed by atoms with Crippen molar-refractivity contribution in [1.82, 2.24) is 10.2 Å². The van der Waals surface area contributed by atoms with E-state index in [2.05, 4.69) is 5.32 Å². The van der Waals surface area contributed by atoms with Gasteiger partial charge in [-0.1, -0.05) is 19.8 Å². The molecule has 0 radical (unpaired) electrons. The van der Waals surface area contributed by atoms with Crippen molar-refractivity contribution in [3.63, 3.8) is 0 Å². The van der Waals surface area contributed by atoms with Crippen LogP contribution in [0.5, 0.6) is 0 Å². The molecule has 0 bridgehead atoms. The Hall–Kier alpha value is -1.10. The lowest BCUT2D eigenvalue weighted by Gasteiger charge is -2.32. The van der Waals surface area contributed by atoms with E-state index in [1.165, 1.54) is 0 Å². The van der Waals surface area contributed by atoms with Crippen LogP contribution in [0, 0.1) is 5.92 Å². The van der Waals surface area contributed by atoms with Crippen LogP contribution in [-0.4, -0.2) is 47.1 Å². The largest absolute Gasteiger partial charge is 0.388 e. The van der Waals surface area contributed by atoms with E-state index in [9.17, 15) is 14.7 Å². The van der Waals surface area contributed by atoms with Gasteiger partial charge >= 0.3 is 0 Å². The van der Waals surface area contributed by atoms with Crippen molar-refractivity contribution in [3.05, 3.63) is 0 Å². The molecule has 0 atom stereocenters. The second-order valence-electron chi connectivity index (χ2n) is 6.55. The van der Waals surface area contributed by atoms with Crippen LogP contribution in [0.2, 0.25) is 0 Å². The fourth-order valence-electron chi connectivity index (χ4n) is 3.37. The van der Waals surface area contributed by atoms with Gasteiger partial charge < -0.3 is 15.3 Å². The summed E-state index contributed by atoms with van der Waals surface area (Å²) in [7, 11) is 0. The van der Waals surface area contributed by atoms with Crippen LogP contribution in [0.25, 0.3) is 0 Å². The molecular formula is C16H28N2O3. The Bertz CT molecular complexity index is 370. The second kappa shape index (κ2) is 7.25. The molecule has 1 heterocycles. The molecule has 5 heteroatoms. The molecule has 2 N–H and O–H groups in total. The third-order valence-electron chi connectivity index (χ3n) is 4.81. The Morgan fingerprint density at radius 1 is 1.24 bits per heavy atom. The SMILES string of the molecule is CCCC(=O)N1CCC(C(=O)NCC2(O)CCCC2)CC1. The molecule has 0 unspecified atom stereocenters. The Morgan fingerprint density at radius 2 is 1.86 bits per heavy atom. The van der Waals surface area contributed by atoms with Gasteiger partial charge in [-0.2, -0.15) is 0 Å². The van der Waals surface area contributed by atoms with E-state index in [0.717, 1.165) is 44.9 Å². The fourth-order valence-corrected chi connectivity index (χ4v) is 3.37. The Labute approximate surface area is 127 Å². The molecule has 0 spiro atoms. The van der Waals surface area contributed by atoms with Gasteiger partial charge in [0.1, 0.15) is 0 Å². The molecular weight excluding hydrogens is 268 g/mol. The lowest BCUT2D eigenvalue weighted by molar-refractivity contribution is -0.136. The lowest BCUT2D eigenvalue weighted by Crippen LogP contribution is -2.46. The topological polar surface area (TPSA) is 69.6 Å². The molecule has 2 rings (SSSR count). The predicted molar refractivity (Wildman–Crippen MR) is 80.6 cm³/mol. The molecule has 0 aromatic heterocycles. The standard InChI is InChI=1S/C16H28N2O3/c1-2-5-14(19)18-10-6-13(7-11-18)15(20)17-12-16(21)8-3-4-9-16/h13,21H,2-12H2,1H3,(H,17,20). The summed E-state index contributed by atoms with van der Waals surface area (Å²) in [6.45, 7) is 3.75. The molecule has 21 heavy (non-hydrogen) atoms. The maximum atomic E-state index is 12.2. The zero-order valence-corrected chi connectivity index (χ0v) is 13.1. The summed E-state index contributed by atoms with van der Waals surface area (Å²) in [5, 5.41) is 13.2. The van der Waals surface area contributed by atoms with E-state index in [4.69, 9.17) is 0 Å². The van der Waals surface area contributed by atoms with E-state index in [1.807, 2.05) is 11.8 Å². The molecule has 2 fully saturated rings. The van der Waals surface area contributed by atoms with Crippen LogP contribution in [0.3, 0.4) is 0 Å². The molecule has 5 nitrogen and oxygen atoms in total. The summed E-state index contributed by atoms with van der Waals surface area (Å²) in [5.41, 5.74) is -0.687. The molecule has 120 valence electrons. The molecule has 2 amide bonds. The van der Waals surface area contributed by atoms with Crippen molar-refractivity contribution in [3.8, 4) is 0 Å². The van der Waals surface area contributed by atoms with Gasteiger partial charge in [-0.15, -0.1) is 0 Å². The Morgan fingerprint density at radius 3 is 2.43 bits per heavy atom. The van der Waals surface area contributed by atoms with Gasteiger partial charge in [0, 0.05) is 32.0 Å². The summed E-state index contributed by atoms with van der Waals surface area (Å²) in [6, 6.07) is 0. The van der Waals surface area contributed by atoms with Gasteiger partial charge in [0.2, 0.25) is 11.8 Å². The third kappa shape index (κ3) is 4.43. The van der Waals surface area contributed by atoms with Gasteiger partial charge in [-0.25, -0.2) is 0 Å². The normalized spacial score (nSPS) is 22.3. The van der Waals surface area contributed by atoms with E-state index in [0.29, 0.717) is 26.1 Å². The maximum Gasteiger partial charge on any atom is 0.223 e. The number of hydrogen-bond acceptors (Lipinski definition) is 3. The van der Waals surface area contributed by atoms with Gasteiger partial charge in [-0.05, 0) is 32.1 Å². The highest BCUT2D eigenvalue weighted by molar-refractivity contribution is 5.80. The molecule has 0 aromatic rings. The minimum atomic E-state index is -0.687. The molecule has 2 aliphatic rings. The van der Waals surface area contributed by atoms with Gasteiger partial charge in [0.15, 0.2) is 0 Å². The highest BCUT2D eigenvalue weighted by Crippen LogP contribution is 2.28. The van der Waals surface area contributed by atoms with Crippen LogP contribution < -0.4 is 5.32 Å². The van der Waals surface area contributed by atoms with Crippen molar-refractivity contribution in [2.75, 3.05) is 19.6 Å². The van der Waals surface area contributed by atoms with E-state index >= 15 is 0 Å². The van der Waals surface area contributed by atoms with Crippen molar-refractivity contribution >= 4 is 11.8 Å². The molecule has 1 saturated heterocycles. The molecule has 0 aromatic carbocycles. The highest BCUT2D eigenvalue weighted by Gasteiger charge is 2.33. The quantitative estimate of drug-likeness (QED) is 0.806. The van der Waals surface area contributed by atoms with Crippen LogP contribution in [0.4, 0.5) is 0 Å². The average molecular weight is 296 g/mol. The Balaban J connectivity index is 1.71. The maximum absolute atomic E-state index is 12.2. The van der Waals surface area contributed by atoms with Crippen molar-refractivity contribution in [2.24, 2.45) is 5.92 Å². The first-order valence-electron chi connectivity index (χ1n) is 8.32. The number of amides is 2. The van der Waals surface area contributed by atoms with Crippen LogP contribution >= 0.6 is 0 Å². The number of hydrogen-bond donors (Lipinski definition) is 2. The van der Waals surface area contributed by atoms with Crippen LogP contribution in [0.15, 0.2) is 0 Å². The fraction of sp³-hybridized carbons (Fsp3) is 0.875. The number of piperidine rings is 1. The van der Waals surface area contributed by atoms with Crippen molar-refractivity contribution in [1.29, 1.82) is 0 Å². The lowest BCUT2D eigenvalue weighted by atomic mass is 9.95. The molecule has 1 aliphatic carbocycles. The number of carbonyl (C=O) groups is 2. The van der Waals surface area contributed by atoms with Crippen molar-refractivity contribution < 1.29 is 14.7 Å². The van der Waals surface area contributed by atoms with Crippen LogP contribution in [-0.2, 0) is 9.59 Å². The summed E-state index contributed by atoms with van der Waals surface area (Å²) in [4.78, 5) is 25.9. The number of aliphatic hydroxyl groups is 1. The summed E-state index contributed by atoms with van der Waals surface area (Å²) in [5.74, 6) is 0.232. The smallest absolute Gasteiger partial charge is 0.223 e. The summed E-state index contributed by atoms with van der Waals surface area (Å²) >= 11 is 0. The Kier molecular flexibility index (Phi) is 5.62. The molecule has 1 saturated carbocycles. The first-order valence-corrected chi connectivity index (χ1v) is 8.32. The van der Waals surface area contributed by atoms with E-state index in [-0.39, 0.29) is 17.7 Å². The number of carbonyl (C=O) groups excluding carboxylic acids is 2. The first-order chi connectivity index (χ1) is 10.0. The van der Waals surface area contributed by atoms with Gasteiger partial charge in [0.25, 0.3) is 0 Å². The summed E-state index contributed by atoms with van der Waals surface area (Å²) in [6.07, 6.45) is 6.62. The predicted octanol–water partition coefficient (Wildman–Crippen LogP) is 1.45. The zero-order chi connectivity index (χ0) is 15.3. The number of rotatable bonds is 5. The van der Waals surface area contributed by atoms with Gasteiger partial charge in [-0.3, -0.25) is 9.59 Å².